The molecule has 3 nitrogen and oxygen atoms in total. The highest BCUT2D eigenvalue weighted by Crippen LogP contribution is 2.17. The van der Waals surface area contributed by atoms with Crippen molar-refractivity contribution >= 4 is 5.69 Å². The van der Waals surface area contributed by atoms with Gasteiger partial charge >= 0.3 is 6.18 Å². The molecule has 0 amide bonds. The predicted octanol–water partition coefficient (Wildman–Crippen LogP) is 3.33. The van der Waals surface area contributed by atoms with Gasteiger partial charge in [-0.05, 0) is 30.5 Å². The molecule has 0 heterocycles. The summed E-state index contributed by atoms with van der Waals surface area (Å²) in [4.78, 5) is 2.15. The van der Waals surface area contributed by atoms with Crippen molar-refractivity contribution in [3.63, 3.8) is 0 Å². The van der Waals surface area contributed by atoms with E-state index in [1.54, 1.807) is 0 Å². The van der Waals surface area contributed by atoms with E-state index in [2.05, 4.69) is 16.6 Å². The van der Waals surface area contributed by atoms with Gasteiger partial charge in [-0.25, -0.2) is 0 Å². The standard InChI is InChI=1S/C15H23F3N2O/c1-2-8-20(9-3-10-21-12-15(16,17)18)14-6-4-13(11-19)5-7-14/h4-7H,2-3,8-12,19H2,1H3. The fraction of sp³-hybridized carbons (Fsp3) is 0.600. The van der Waals surface area contributed by atoms with Crippen LogP contribution in [0.25, 0.3) is 0 Å². The fourth-order valence-corrected chi connectivity index (χ4v) is 2.03. The van der Waals surface area contributed by atoms with Gasteiger partial charge in [0.05, 0.1) is 0 Å². The minimum Gasteiger partial charge on any atom is -0.372 e. The smallest absolute Gasteiger partial charge is 0.372 e. The summed E-state index contributed by atoms with van der Waals surface area (Å²) >= 11 is 0. The van der Waals surface area contributed by atoms with Gasteiger partial charge < -0.3 is 15.4 Å². The first-order valence-electron chi connectivity index (χ1n) is 7.14. The quantitative estimate of drug-likeness (QED) is 0.711. The maximum Gasteiger partial charge on any atom is 0.411 e. The third kappa shape index (κ3) is 7.34. The van der Waals surface area contributed by atoms with E-state index in [1.165, 1.54) is 0 Å². The number of rotatable bonds is 9. The van der Waals surface area contributed by atoms with Crippen molar-refractivity contribution < 1.29 is 17.9 Å². The van der Waals surface area contributed by atoms with Crippen molar-refractivity contribution in [3.8, 4) is 0 Å². The van der Waals surface area contributed by atoms with Crippen LogP contribution in [0.4, 0.5) is 18.9 Å². The minimum atomic E-state index is -4.25. The van der Waals surface area contributed by atoms with E-state index >= 15 is 0 Å². The average Bonchev–Trinajstić information content (AvgIpc) is 2.45. The summed E-state index contributed by atoms with van der Waals surface area (Å²) < 4.78 is 40.5. The SMILES string of the molecule is CCCN(CCCOCC(F)(F)F)c1ccc(CN)cc1. The molecule has 0 aliphatic carbocycles. The van der Waals surface area contributed by atoms with Crippen LogP contribution >= 0.6 is 0 Å². The van der Waals surface area contributed by atoms with Gasteiger partial charge in [0.25, 0.3) is 0 Å². The van der Waals surface area contributed by atoms with Crippen LogP contribution in [0.1, 0.15) is 25.3 Å². The second kappa shape index (κ2) is 8.89. The van der Waals surface area contributed by atoms with Gasteiger partial charge in [-0.15, -0.1) is 0 Å². The van der Waals surface area contributed by atoms with E-state index in [9.17, 15) is 13.2 Å². The van der Waals surface area contributed by atoms with Crippen LogP contribution in [-0.4, -0.2) is 32.5 Å². The molecule has 0 aliphatic rings. The molecule has 0 aliphatic heterocycles. The molecule has 0 saturated carbocycles. The van der Waals surface area contributed by atoms with E-state index in [0.29, 0.717) is 19.5 Å². The summed E-state index contributed by atoms with van der Waals surface area (Å²) in [6.07, 6.45) is -2.71. The second-order valence-corrected chi connectivity index (χ2v) is 4.88. The van der Waals surface area contributed by atoms with Crippen LogP contribution in [-0.2, 0) is 11.3 Å². The first-order chi connectivity index (χ1) is 9.96. The first-order valence-corrected chi connectivity index (χ1v) is 7.14. The maximum atomic E-state index is 12.0. The highest BCUT2D eigenvalue weighted by Gasteiger charge is 2.27. The Morgan fingerprint density at radius 1 is 1.14 bits per heavy atom. The molecule has 0 saturated heterocycles. The lowest BCUT2D eigenvalue weighted by Gasteiger charge is -2.24. The maximum absolute atomic E-state index is 12.0. The molecule has 0 aromatic heterocycles. The van der Waals surface area contributed by atoms with Crippen molar-refractivity contribution in [1.82, 2.24) is 0 Å². The third-order valence-corrected chi connectivity index (χ3v) is 3.01. The molecule has 1 rings (SSSR count). The van der Waals surface area contributed by atoms with Crippen LogP contribution in [0.2, 0.25) is 0 Å². The highest BCUT2D eigenvalue weighted by atomic mass is 19.4. The fourth-order valence-electron chi connectivity index (χ4n) is 2.03. The number of nitrogens with zero attached hydrogens (tertiary/aromatic N) is 1. The number of alkyl halides is 3. The summed E-state index contributed by atoms with van der Waals surface area (Å²) in [7, 11) is 0. The van der Waals surface area contributed by atoms with Gasteiger partial charge in [-0.2, -0.15) is 13.2 Å². The zero-order valence-corrected chi connectivity index (χ0v) is 12.3. The largest absolute Gasteiger partial charge is 0.411 e. The van der Waals surface area contributed by atoms with E-state index in [4.69, 9.17) is 5.73 Å². The molecular weight excluding hydrogens is 281 g/mol. The average molecular weight is 304 g/mol. The van der Waals surface area contributed by atoms with E-state index < -0.39 is 12.8 Å². The lowest BCUT2D eigenvalue weighted by molar-refractivity contribution is -0.173. The predicted molar refractivity (Wildman–Crippen MR) is 78.3 cm³/mol. The van der Waals surface area contributed by atoms with Gasteiger partial charge in [0.15, 0.2) is 0 Å². The Morgan fingerprint density at radius 3 is 2.33 bits per heavy atom. The van der Waals surface area contributed by atoms with Crippen LogP contribution in [0, 0.1) is 0 Å². The molecule has 1 aromatic carbocycles. The molecule has 1 aromatic rings. The van der Waals surface area contributed by atoms with Gasteiger partial charge in [0, 0.05) is 31.9 Å². The van der Waals surface area contributed by atoms with Gasteiger partial charge in [-0.3, -0.25) is 0 Å². The number of halogens is 3. The topological polar surface area (TPSA) is 38.5 Å². The Kier molecular flexibility index (Phi) is 7.53. The first kappa shape index (κ1) is 17.8. The van der Waals surface area contributed by atoms with E-state index in [-0.39, 0.29) is 6.61 Å². The van der Waals surface area contributed by atoms with Crippen molar-refractivity contribution in [2.24, 2.45) is 5.73 Å². The summed E-state index contributed by atoms with van der Waals surface area (Å²) in [5.41, 5.74) is 7.68. The van der Waals surface area contributed by atoms with Crippen LogP contribution in [0.5, 0.6) is 0 Å². The minimum absolute atomic E-state index is 0.112. The van der Waals surface area contributed by atoms with Crippen molar-refractivity contribution in [2.45, 2.75) is 32.5 Å². The molecule has 0 spiro atoms. The number of hydrogen-bond acceptors (Lipinski definition) is 3. The Morgan fingerprint density at radius 2 is 1.81 bits per heavy atom. The number of ether oxygens (including phenoxy) is 1. The van der Waals surface area contributed by atoms with Gasteiger partial charge in [-0.1, -0.05) is 19.1 Å². The molecule has 120 valence electrons. The molecule has 0 fully saturated rings. The molecule has 6 heteroatoms. The Hall–Kier alpha value is -1.27. The Bertz CT molecular complexity index is 393. The van der Waals surface area contributed by atoms with Crippen molar-refractivity contribution in [1.29, 1.82) is 0 Å². The molecule has 2 N–H and O–H groups in total. The molecular formula is C15H23F3N2O. The zero-order valence-electron chi connectivity index (χ0n) is 12.3. The van der Waals surface area contributed by atoms with Crippen LogP contribution in [0.3, 0.4) is 0 Å². The van der Waals surface area contributed by atoms with Gasteiger partial charge in [0.2, 0.25) is 0 Å². The Balaban J connectivity index is 2.42. The lowest BCUT2D eigenvalue weighted by atomic mass is 10.2. The normalized spacial score (nSPS) is 11.7. The number of benzene rings is 1. The Labute approximate surface area is 123 Å². The number of anilines is 1. The summed E-state index contributed by atoms with van der Waals surface area (Å²) in [5, 5.41) is 0. The van der Waals surface area contributed by atoms with Crippen molar-refractivity contribution in [3.05, 3.63) is 29.8 Å². The monoisotopic (exact) mass is 304 g/mol. The zero-order chi connectivity index (χ0) is 15.7. The summed E-state index contributed by atoms with van der Waals surface area (Å²) in [6, 6.07) is 7.93. The molecule has 0 atom stereocenters. The molecule has 0 unspecified atom stereocenters. The lowest BCUT2D eigenvalue weighted by Crippen LogP contribution is -2.26. The van der Waals surface area contributed by atoms with Crippen LogP contribution < -0.4 is 10.6 Å². The van der Waals surface area contributed by atoms with Crippen molar-refractivity contribution in [2.75, 3.05) is 31.2 Å². The summed E-state index contributed by atoms with van der Waals surface area (Å²) in [5.74, 6) is 0. The third-order valence-electron chi connectivity index (χ3n) is 3.01. The number of nitrogens with two attached hydrogens (primary N) is 1. The van der Waals surface area contributed by atoms with E-state index in [1.807, 2.05) is 24.3 Å². The summed E-state index contributed by atoms with van der Waals surface area (Å²) in [6.45, 7) is 3.04. The van der Waals surface area contributed by atoms with Gasteiger partial charge in [0.1, 0.15) is 6.61 Å². The number of hydrogen-bond donors (Lipinski definition) is 1. The molecule has 0 bridgehead atoms. The molecule has 0 radical (unpaired) electrons. The molecule has 21 heavy (non-hydrogen) atoms. The van der Waals surface area contributed by atoms with Crippen LogP contribution in [0.15, 0.2) is 24.3 Å². The van der Waals surface area contributed by atoms with E-state index in [0.717, 1.165) is 24.2 Å². The second-order valence-electron chi connectivity index (χ2n) is 4.88. The highest BCUT2D eigenvalue weighted by molar-refractivity contribution is 5.47.